The molecule has 2 aliphatic carbocycles. The van der Waals surface area contributed by atoms with Crippen LogP contribution in [0.1, 0.15) is 93.1 Å². The van der Waals surface area contributed by atoms with Gasteiger partial charge in [-0.3, -0.25) is 0 Å². The summed E-state index contributed by atoms with van der Waals surface area (Å²) in [4.78, 5) is 13.5. The number of hydrogen-bond donors (Lipinski definition) is 0. The van der Waals surface area contributed by atoms with Crippen molar-refractivity contribution in [1.82, 2.24) is 4.31 Å². The second-order valence-corrected chi connectivity index (χ2v) is 16.1. The normalized spacial score (nSPS) is 30.0. The van der Waals surface area contributed by atoms with E-state index in [-0.39, 0.29) is 29.2 Å². The number of rotatable bonds is 14. The molecule has 1 spiro atoms. The molecule has 0 unspecified atom stereocenters. The van der Waals surface area contributed by atoms with Crippen LogP contribution in [-0.4, -0.2) is 61.6 Å². The van der Waals surface area contributed by atoms with E-state index in [1.165, 1.54) is 0 Å². The number of fused-ring (bicyclic) bond motifs is 3. The Morgan fingerprint density at radius 3 is 2.36 bits per heavy atom. The molecule has 1 saturated heterocycles. The molecule has 246 valence electrons. The van der Waals surface area contributed by atoms with Gasteiger partial charge in [0.15, 0.2) is 5.60 Å². The van der Waals surface area contributed by atoms with Gasteiger partial charge in [0.2, 0.25) is 15.8 Å². The lowest BCUT2D eigenvalue weighted by Gasteiger charge is -2.47. The molecule has 0 amide bonds. The van der Waals surface area contributed by atoms with Crippen LogP contribution in [0.2, 0.25) is 0 Å². The van der Waals surface area contributed by atoms with Gasteiger partial charge >= 0.3 is 5.97 Å². The minimum absolute atomic E-state index is 0.0958. The Morgan fingerprint density at radius 2 is 1.77 bits per heavy atom. The van der Waals surface area contributed by atoms with Crippen LogP contribution in [0, 0.1) is 16.7 Å². The standard InChI is InChI=1S/C35H53NO7S/c1-25(2)36(26(3)4)44(38,39)24-34-20-18-29(32(34,6)7)22-35(34)42-31(37)33(8,43-35)19-10-12-27(5)13-11-21-41-23-28-14-16-30(40-9)17-15-28/h10,12-17,25-26,29H,11,18-24H2,1-9H3/b12-10+,27-13+/t29-,33-,34+,35-/m1/s1. The lowest BCUT2D eigenvalue weighted by Crippen LogP contribution is -2.57. The van der Waals surface area contributed by atoms with Crippen LogP contribution in [0.4, 0.5) is 0 Å². The van der Waals surface area contributed by atoms with Crippen molar-refractivity contribution in [2.75, 3.05) is 19.5 Å². The van der Waals surface area contributed by atoms with Crippen LogP contribution in [-0.2, 0) is 35.6 Å². The summed E-state index contributed by atoms with van der Waals surface area (Å²) >= 11 is 0. The first kappa shape index (κ1) is 34.7. The quantitative estimate of drug-likeness (QED) is 0.127. The molecule has 1 aromatic carbocycles. The third-order valence-corrected chi connectivity index (χ3v) is 12.7. The Kier molecular flexibility index (Phi) is 10.2. The molecule has 9 heteroatoms. The molecule has 2 saturated carbocycles. The summed E-state index contributed by atoms with van der Waals surface area (Å²) in [5, 5.41) is 0. The zero-order valence-electron chi connectivity index (χ0n) is 28.1. The van der Waals surface area contributed by atoms with Crippen molar-refractivity contribution in [3.8, 4) is 5.75 Å². The van der Waals surface area contributed by atoms with Crippen molar-refractivity contribution in [2.45, 2.75) is 118 Å². The molecule has 0 radical (unpaired) electrons. The van der Waals surface area contributed by atoms with Crippen molar-refractivity contribution in [1.29, 1.82) is 0 Å². The molecule has 1 heterocycles. The van der Waals surface area contributed by atoms with Gasteiger partial charge in [0.25, 0.3) is 0 Å². The van der Waals surface area contributed by atoms with Gasteiger partial charge in [-0.1, -0.05) is 49.8 Å². The van der Waals surface area contributed by atoms with E-state index in [9.17, 15) is 13.2 Å². The number of methoxy groups -OCH3 is 1. The number of ether oxygens (including phenoxy) is 4. The van der Waals surface area contributed by atoms with Gasteiger partial charge in [0.1, 0.15) is 5.75 Å². The van der Waals surface area contributed by atoms with Gasteiger partial charge in [0, 0.05) is 24.9 Å². The van der Waals surface area contributed by atoms with Gasteiger partial charge in [-0.05, 0) is 89.8 Å². The van der Waals surface area contributed by atoms with E-state index in [1.807, 2.05) is 71.0 Å². The molecule has 4 rings (SSSR count). The van der Waals surface area contributed by atoms with Crippen LogP contribution in [0.5, 0.6) is 5.75 Å². The average molecular weight is 632 g/mol. The van der Waals surface area contributed by atoms with Gasteiger partial charge in [-0.25, -0.2) is 13.2 Å². The first-order valence-electron chi connectivity index (χ1n) is 16.0. The zero-order valence-corrected chi connectivity index (χ0v) is 29.0. The molecule has 1 aliphatic heterocycles. The largest absolute Gasteiger partial charge is 0.497 e. The maximum absolute atomic E-state index is 14.0. The first-order chi connectivity index (χ1) is 20.5. The summed E-state index contributed by atoms with van der Waals surface area (Å²) in [6.07, 6.45) is 9.23. The minimum atomic E-state index is -3.67. The molecule has 2 bridgehead atoms. The van der Waals surface area contributed by atoms with Crippen LogP contribution in [0.25, 0.3) is 0 Å². The Labute approximate surface area is 265 Å². The summed E-state index contributed by atoms with van der Waals surface area (Å²) in [6, 6.07) is 7.49. The van der Waals surface area contributed by atoms with E-state index in [1.54, 1.807) is 18.3 Å². The molecule has 4 atom stereocenters. The van der Waals surface area contributed by atoms with Crippen molar-refractivity contribution < 1.29 is 32.2 Å². The monoisotopic (exact) mass is 631 g/mol. The van der Waals surface area contributed by atoms with Gasteiger partial charge < -0.3 is 18.9 Å². The van der Waals surface area contributed by atoms with E-state index >= 15 is 0 Å². The van der Waals surface area contributed by atoms with Crippen molar-refractivity contribution >= 4 is 16.0 Å². The molecule has 44 heavy (non-hydrogen) atoms. The molecule has 8 nitrogen and oxygen atoms in total. The van der Waals surface area contributed by atoms with E-state index in [0.29, 0.717) is 32.5 Å². The van der Waals surface area contributed by atoms with E-state index < -0.39 is 32.8 Å². The van der Waals surface area contributed by atoms with Crippen molar-refractivity contribution in [3.63, 3.8) is 0 Å². The molecule has 0 N–H and O–H groups in total. The highest BCUT2D eigenvalue weighted by molar-refractivity contribution is 7.89. The Morgan fingerprint density at radius 1 is 1.11 bits per heavy atom. The summed E-state index contributed by atoms with van der Waals surface area (Å²) in [5.41, 5.74) is -0.226. The lowest BCUT2D eigenvalue weighted by molar-refractivity contribution is -0.253. The Bertz CT molecular complexity index is 1340. The third-order valence-electron chi connectivity index (χ3n) is 10.3. The highest BCUT2D eigenvalue weighted by Crippen LogP contribution is 2.73. The van der Waals surface area contributed by atoms with Gasteiger partial charge in [0.05, 0.1) is 31.5 Å². The smallest absolute Gasteiger partial charge is 0.341 e. The maximum Gasteiger partial charge on any atom is 0.341 e. The first-order valence-corrected chi connectivity index (χ1v) is 17.6. The molecule has 0 aromatic heterocycles. The Hall–Kier alpha value is -2.20. The van der Waals surface area contributed by atoms with Crippen LogP contribution in [0.15, 0.2) is 48.1 Å². The molecule has 1 aromatic rings. The van der Waals surface area contributed by atoms with Crippen molar-refractivity contribution in [3.05, 3.63) is 53.6 Å². The summed E-state index contributed by atoms with van der Waals surface area (Å²) in [6.45, 7) is 16.8. The van der Waals surface area contributed by atoms with Crippen LogP contribution >= 0.6 is 0 Å². The van der Waals surface area contributed by atoms with E-state index in [0.717, 1.165) is 29.7 Å². The van der Waals surface area contributed by atoms with E-state index in [2.05, 4.69) is 19.9 Å². The molecule has 3 fully saturated rings. The number of allylic oxidation sites excluding steroid dienone is 2. The fourth-order valence-corrected chi connectivity index (χ4v) is 10.7. The lowest BCUT2D eigenvalue weighted by atomic mass is 9.68. The number of nitrogens with zero attached hydrogens (tertiary/aromatic N) is 1. The highest BCUT2D eigenvalue weighted by Gasteiger charge is 2.79. The Balaban J connectivity index is 1.41. The number of esters is 1. The van der Waals surface area contributed by atoms with Crippen LogP contribution in [0.3, 0.4) is 0 Å². The second-order valence-electron chi connectivity index (χ2n) is 14.2. The second kappa shape index (κ2) is 12.9. The number of benzene rings is 1. The summed E-state index contributed by atoms with van der Waals surface area (Å²) in [5.74, 6) is -0.725. The fraction of sp³-hybridized carbons (Fsp3) is 0.686. The van der Waals surface area contributed by atoms with Gasteiger partial charge in [-0.2, -0.15) is 4.31 Å². The highest BCUT2D eigenvalue weighted by atomic mass is 32.2. The average Bonchev–Trinajstić information content (AvgIpc) is 3.38. The zero-order chi connectivity index (χ0) is 32.6. The fourth-order valence-electron chi connectivity index (χ4n) is 7.95. The third kappa shape index (κ3) is 6.39. The SMILES string of the molecule is COc1ccc(COCC/C=C(C)/C=C/C[C@@]2(C)O[C@@]3(C[C@H]4CC[C@]3(CS(=O)(=O)N(C(C)C)C(C)C)C4(C)C)OC2=O)cc1. The predicted molar refractivity (Wildman–Crippen MR) is 173 cm³/mol. The van der Waals surface area contributed by atoms with Crippen molar-refractivity contribution in [2.24, 2.45) is 16.7 Å². The van der Waals surface area contributed by atoms with Crippen LogP contribution < -0.4 is 4.74 Å². The molecule has 3 aliphatic rings. The summed E-state index contributed by atoms with van der Waals surface area (Å²) < 4.78 is 53.5. The molecular formula is C35H53NO7S. The topological polar surface area (TPSA) is 91.4 Å². The maximum atomic E-state index is 14.0. The predicted octanol–water partition coefficient (Wildman–Crippen LogP) is 6.80. The summed E-state index contributed by atoms with van der Waals surface area (Å²) in [7, 11) is -2.02. The van der Waals surface area contributed by atoms with E-state index in [4.69, 9.17) is 18.9 Å². The number of carbonyl (C=O) groups excluding carboxylic acids is 1. The van der Waals surface area contributed by atoms with Gasteiger partial charge in [-0.15, -0.1) is 0 Å². The number of sulfonamides is 1. The minimum Gasteiger partial charge on any atom is -0.497 e. The number of hydrogen-bond acceptors (Lipinski definition) is 7. The number of carbonyl (C=O) groups is 1. The molecular weight excluding hydrogens is 578 g/mol.